The number of carbonyl (C=O) groups excluding carboxylic acids is 1. The van der Waals surface area contributed by atoms with E-state index < -0.39 is 17.2 Å². The largest absolute Gasteiger partial charge is 0.548 e. The number of H-pyrrole nitrogens is 1. The number of rotatable bonds is 5. The number of aromatic hydroxyl groups is 1. The van der Waals surface area contributed by atoms with Crippen molar-refractivity contribution in [2.75, 3.05) is 25.2 Å². The number of likely N-dealkylation sites (tertiary alicyclic amines) is 1. The lowest BCUT2D eigenvalue weighted by Gasteiger charge is -2.30. The summed E-state index contributed by atoms with van der Waals surface area (Å²) in [5.74, 6) is 0.845. The SMILES string of the molecule is CC(C)(C)[C@@H](N=c1[nH][s+]([O-])nc1Nc1cccc(C(=O)N2CCCC(O)C2)c1O)c1ccc2c(c1)OCO2. The molecule has 1 aromatic heterocycles. The third kappa shape index (κ3) is 5.33. The van der Waals surface area contributed by atoms with E-state index in [0.717, 1.165) is 5.56 Å². The summed E-state index contributed by atoms with van der Waals surface area (Å²) in [6.07, 6.45) is 0.757. The van der Waals surface area contributed by atoms with Crippen LogP contribution in [0.3, 0.4) is 0 Å². The van der Waals surface area contributed by atoms with Crippen LogP contribution in [0.25, 0.3) is 0 Å². The second-order valence-electron chi connectivity index (χ2n) is 10.5. The van der Waals surface area contributed by atoms with Gasteiger partial charge in [-0.05, 0) is 48.1 Å². The second kappa shape index (κ2) is 10.3. The van der Waals surface area contributed by atoms with E-state index in [1.54, 1.807) is 12.1 Å². The molecule has 0 saturated carbocycles. The maximum atomic E-state index is 13.1. The number of aromatic amines is 1. The lowest BCUT2D eigenvalue weighted by atomic mass is 9.82. The molecule has 0 spiro atoms. The highest BCUT2D eigenvalue weighted by atomic mass is 32.2. The van der Waals surface area contributed by atoms with Gasteiger partial charge in [0.05, 0.1) is 23.4 Å². The number of ether oxygens (including phenoxy) is 2. The summed E-state index contributed by atoms with van der Waals surface area (Å²) < 4.78 is 30.2. The maximum absolute atomic E-state index is 13.1. The Balaban J connectivity index is 1.48. The van der Waals surface area contributed by atoms with Gasteiger partial charge in [-0.3, -0.25) is 9.79 Å². The molecule has 11 nitrogen and oxygen atoms in total. The minimum Gasteiger partial charge on any atom is -0.548 e. The normalized spacial score (nSPS) is 19.0. The molecule has 3 aromatic rings. The highest BCUT2D eigenvalue weighted by Crippen LogP contribution is 2.41. The Hall–Kier alpha value is -3.61. The summed E-state index contributed by atoms with van der Waals surface area (Å²) >= 11 is -1.77. The first-order valence-electron chi connectivity index (χ1n) is 12.4. The number of nitrogens with one attached hydrogen (secondary N) is 2. The first-order valence-corrected chi connectivity index (χ1v) is 13.5. The molecule has 2 aliphatic rings. The molecule has 1 fully saturated rings. The minimum absolute atomic E-state index is 0.100. The average Bonchev–Trinajstić information content (AvgIpc) is 3.48. The minimum atomic E-state index is -1.77. The van der Waals surface area contributed by atoms with Gasteiger partial charge in [0, 0.05) is 17.5 Å². The number of aliphatic hydroxyl groups excluding tert-OH is 1. The van der Waals surface area contributed by atoms with Gasteiger partial charge in [0.25, 0.3) is 5.91 Å². The molecule has 38 heavy (non-hydrogen) atoms. The molecule has 1 saturated heterocycles. The number of amides is 1. The van der Waals surface area contributed by atoms with E-state index >= 15 is 0 Å². The van der Waals surface area contributed by atoms with Crippen molar-refractivity contribution in [3.8, 4) is 17.2 Å². The van der Waals surface area contributed by atoms with Gasteiger partial charge in [-0.25, -0.2) is 0 Å². The van der Waals surface area contributed by atoms with Gasteiger partial charge >= 0.3 is 0 Å². The Morgan fingerprint density at radius 1 is 1.29 bits per heavy atom. The fourth-order valence-corrected chi connectivity index (χ4v) is 5.34. The van der Waals surface area contributed by atoms with Crippen molar-refractivity contribution in [2.45, 2.75) is 45.8 Å². The van der Waals surface area contributed by atoms with E-state index in [9.17, 15) is 19.6 Å². The number of nitrogens with zero attached hydrogens (tertiary/aromatic N) is 3. The fraction of sp³-hybridized carbons (Fsp3) is 0.423. The van der Waals surface area contributed by atoms with E-state index in [2.05, 4.69) is 14.1 Å². The molecule has 2 unspecified atom stereocenters. The Morgan fingerprint density at radius 2 is 2.08 bits per heavy atom. The number of aromatic nitrogens is 2. The molecule has 4 N–H and O–H groups in total. The van der Waals surface area contributed by atoms with E-state index in [-0.39, 0.29) is 59.0 Å². The Bertz CT molecular complexity index is 1410. The Morgan fingerprint density at radius 3 is 2.84 bits per heavy atom. The zero-order valence-electron chi connectivity index (χ0n) is 21.4. The molecule has 202 valence electrons. The Labute approximate surface area is 222 Å². The zero-order chi connectivity index (χ0) is 27.0. The van der Waals surface area contributed by atoms with Crippen molar-refractivity contribution in [1.29, 1.82) is 0 Å². The number of para-hydroxylation sites is 1. The van der Waals surface area contributed by atoms with Crippen LogP contribution in [-0.2, 0) is 0 Å². The number of piperidine rings is 1. The Kier molecular flexibility index (Phi) is 7.03. The van der Waals surface area contributed by atoms with Crippen LogP contribution in [0.5, 0.6) is 17.2 Å². The van der Waals surface area contributed by atoms with Crippen LogP contribution in [-0.4, -0.2) is 60.3 Å². The number of benzene rings is 2. The lowest BCUT2D eigenvalue weighted by Crippen LogP contribution is -2.42. The van der Waals surface area contributed by atoms with Crippen molar-refractivity contribution >= 4 is 28.6 Å². The van der Waals surface area contributed by atoms with E-state index in [0.29, 0.717) is 30.9 Å². The molecule has 12 heteroatoms. The molecular formula is C26H31N5O6S. The van der Waals surface area contributed by atoms with Crippen LogP contribution >= 0.6 is 11.1 Å². The molecule has 0 aliphatic carbocycles. The number of phenols is 1. The van der Waals surface area contributed by atoms with Crippen LogP contribution in [0.4, 0.5) is 11.5 Å². The fourth-order valence-electron chi connectivity index (χ4n) is 4.68. The second-order valence-corrected chi connectivity index (χ2v) is 11.4. The molecule has 0 bridgehead atoms. The maximum Gasteiger partial charge on any atom is 0.257 e. The molecule has 3 atom stereocenters. The summed E-state index contributed by atoms with van der Waals surface area (Å²) in [5.41, 5.74) is 1.13. The average molecular weight is 542 g/mol. The zero-order valence-corrected chi connectivity index (χ0v) is 22.2. The molecule has 5 rings (SSSR count). The van der Waals surface area contributed by atoms with Crippen LogP contribution in [0.15, 0.2) is 41.4 Å². The first kappa shape index (κ1) is 26.0. The van der Waals surface area contributed by atoms with Crippen LogP contribution in [0, 0.1) is 5.41 Å². The van der Waals surface area contributed by atoms with Gasteiger partial charge < -0.3 is 34.5 Å². The highest BCUT2D eigenvalue weighted by molar-refractivity contribution is 7.13. The number of fused-ring (bicyclic) bond motifs is 1. The van der Waals surface area contributed by atoms with Crippen molar-refractivity contribution in [1.82, 2.24) is 13.6 Å². The predicted octanol–water partition coefficient (Wildman–Crippen LogP) is 3.60. The number of hydrogen-bond donors (Lipinski definition) is 4. The highest BCUT2D eigenvalue weighted by Gasteiger charge is 2.29. The number of anilines is 2. The molecule has 0 radical (unpaired) electrons. The number of phenolic OH excluding ortho intramolecular Hbond substituents is 1. The summed E-state index contributed by atoms with van der Waals surface area (Å²) in [6.45, 7) is 7.02. The lowest BCUT2D eigenvalue weighted by molar-refractivity contribution is 0.0471. The third-order valence-corrected chi connectivity index (χ3v) is 7.29. The molecular weight excluding hydrogens is 510 g/mol. The number of β-amino-alcohol motifs (C(OH)–C–C–N with tert-alkyl or cyclic N) is 1. The summed E-state index contributed by atoms with van der Waals surface area (Å²) in [5, 5.41) is 23.9. The van der Waals surface area contributed by atoms with Gasteiger partial charge in [-0.15, -0.1) is 4.37 Å². The van der Waals surface area contributed by atoms with Gasteiger partial charge in [-0.2, -0.15) is 0 Å². The van der Waals surface area contributed by atoms with Crippen molar-refractivity contribution in [3.05, 3.63) is 53.0 Å². The van der Waals surface area contributed by atoms with E-state index in [1.165, 1.54) is 11.0 Å². The summed E-state index contributed by atoms with van der Waals surface area (Å²) in [4.78, 5) is 19.5. The quantitative estimate of drug-likeness (QED) is 0.282. The van der Waals surface area contributed by atoms with Crippen molar-refractivity contribution in [3.63, 3.8) is 0 Å². The van der Waals surface area contributed by atoms with Crippen LogP contribution in [0.2, 0.25) is 0 Å². The number of aliphatic hydroxyl groups is 1. The van der Waals surface area contributed by atoms with E-state index in [4.69, 9.17) is 14.5 Å². The van der Waals surface area contributed by atoms with E-state index in [1.807, 2.05) is 39.0 Å². The van der Waals surface area contributed by atoms with Gasteiger partial charge in [0.2, 0.25) is 18.1 Å². The molecule has 1 amide bonds. The summed E-state index contributed by atoms with van der Waals surface area (Å²) in [6, 6.07) is 10.0. The van der Waals surface area contributed by atoms with Crippen LogP contribution in [0.1, 0.15) is 55.6 Å². The van der Waals surface area contributed by atoms with Crippen molar-refractivity contribution < 1.29 is 29.0 Å². The van der Waals surface area contributed by atoms with Gasteiger partial charge in [0.15, 0.2) is 28.4 Å². The van der Waals surface area contributed by atoms with Gasteiger partial charge in [0.1, 0.15) is 0 Å². The third-order valence-electron chi connectivity index (χ3n) is 6.58. The molecule has 2 aliphatic heterocycles. The van der Waals surface area contributed by atoms with Gasteiger partial charge in [-0.1, -0.05) is 32.9 Å². The topological polar surface area (TPSA) is 155 Å². The molecule has 3 heterocycles. The molecule has 2 aromatic carbocycles. The first-order chi connectivity index (χ1) is 18.1. The van der Waals surface area contributed by atoms with Crippen molar-refractivity contribution in [2.24, 2.45) is 10.4 Å². The predicted molar refractivity (Wildman–Crippen MR) is 140 cm³/mol. The summed E-state index contributed by atoms with van der Waals surface area (Å²) in [7, 11) is 0. The smallest absolute Gasteiger partial charge is 0.257 e. The monoisotopic (exact) mass is 541 g/mol. The number of hydrogen-bond acceptors (Lipinski definition) is 9. The standard InChI is InChI=1S/C26H31N5O6S/c1-26(2,3)22(15-9-10-19-20(12-15)37-14-36-19)28-24-23(29-38(35)30-24)27-18-8-4-7-17(21(18)33)25(34)31-11-5-6-16(32)13-31/h4,7-10,12,16,22,32-33H,5-6,11,13-14H2,1-3H3,(H,27,29)(H,28,30)/t16?,22-,38?/m0/s1. The number of carbonyl (C=O) groups is 1. The van der Waals surface area contributed by atoms with Crippen LogP contribution < -0.4 is 20.3 Å².